The Morgan fingerprint density at radius 3 is 2.61 bits per heavy atom. The van der Waals surface area contributed by atoms with Crippen LogP contribution in [0, 0.1) is 0 Å². The van der Waals surface area contributed by atoms with Crippen molar-refractivity contribution in [3.63, 3.8) is 0 Å². The van der Waals surface area contributed by atoms with Gasteiger partial charge in [0.15, 0.2) is 0 Å². The van der Waals surface area contributed by atoms with Crippen molar-refractivity contribution in [3.8, 4) is 0 Å². The number of nitrogens with one attached hydrogen (secondary N) is 1. The van der Waals surface area contributed by atoms with Crippen molar-refractivity contribution < 1.29 is 18.6 Å². The molecule has 1 N–H and O–H groups in total. The van der Waals surface area contributed by atoms with Crippen LogP contribution in [-0.4, -0.2) is 46.9 Å². The summed E-state index contributed by atoms with van der Waals surface area (Å²) in [4.78, 5) is 13.7. The predicted molar refractivity (Wildman–Crippen MR) is 94.1 cm³/mol. The molecule has 23 heavy (non-hydrogen) atoms. The number of hydrogen-bond acceptors (Lipinski definition) is 3. The number of esters is 1. The summed E-state index contributed by atoms with van der Waals surface area (Å²) in [5.74, 6) is 0.681. The second-order valence-corrected chi connectivity index (χ2v) is 8.88. The fourth-order valence-electron chi connectivity index (χ4n) is 3.74. The smallest absolute Gasteiger partial charge is 0.311 e. The van der Waals surface area contributed by atoms with Crippen molar-refractivity contribution in [2.75, 3.05) is 25.4 Å². The summed E-state index contributed by atoms with van der Waals surface area (Å²) in [5, 5.41) is 0.0709. The maximum Gasteiger partial charge on any atom is 0.311 e. The molecular weight excluding hydrogens is 310 g/mol. The first-order valence-electron chi connectivity index (χ1n) is 9.61. The Labute approximate surface area is 143 Å². The first kappa shape index (κ1) is 18.9. The number of unbranched alkanes of at least 4 members (excludes halogenated alkanes) is 1. The van der Waals surface area contributed by atoms with Gasteiger partial charge in [0.25, 0.3) is 0 Å². The number of carbonyl (C=O) groups excluding carboxylic acids is 1. The summed E-state index contributed by atoms with van der Waals surface area (Å²) in [6.07, 6.45) is 10.4. The summed E-state index contributed by atoms with van der Waals surface area (Å²) in [5.41, 5.74) is 0. The molecule has 0 radical (unpaired) electrons. The van der Waals surface area contributed by atoms with Crippen molar-refractivity contribution in [3.05, 3.63) is 0 Å². The number of piperidine rings is 1. The van der Waals surface area contributed by atoms with Crippen LogP contribution in [0.25, 0.3) is 0 Å². The SMILES string of the molecule is CCCC[S@](=O)[C@H]1CCCC[C@@H]1OC(=O)CC[NH+]1CCCCC1. The molecule has 2 rings (SSSR count). The van der Waals surface area contributed by atoms with Crippen LogP contribution >= 0.6 is 0 Å². The molecule has 1 heterocycles. The second-order valence-electron chi connectivity index (χ2n) is 7.10. The highest BCUT2D eigenvalue weighted by Gasteiger charge is 2.32. The van der Waals surface area contributed by atoms with Gasteiger partial charge in [0.1, 0.15) is 6.10 Å². The maximum absolute atomic E-state index is 12.5. The van der Waals surface area contributed by atoms with Gasteiger partial charge in [-0.25, -0.2) is 0 Å². The number of carbonyl (C=O) groups is 1. The molecule has 1 aliphatic heterocycles. The molecule has 1 saturated carbocycles. The summed E-state index contributed by atoms with van der Waals surface area (Å²) in [6.45, 7) is 5.41. The third kappa shape index (κ3) is 6.54. The Hall–Kier alpha value is -0.420. The zero-order chi connectivity index (χ0) is 16.5. The molecule has 5 heteroatoms. The molecule has 0 aromatic carbocycles. The first-order valence-corrected chi connectivity index (χ1v) is 11.0. The maximum atomic E-state index is 12.5. The molecule has 3 atom stereocenters. The lowest BCUT2D eigenvalue weighted by atomic mass is 9.97. The highest BCUT2D eigenvalue weighted by atomic mass is 32.2. The molecule has 1 aliphatic carbocycles. The predicted octanol–water partition coefficient (Wildman–Crippen LogP) is 1.85. The van der Waals surface area contributed by atoms with Gasteiger partial charge in [-0.15, -0.1) is 0 Å². The van der Waals surface area contributed by atoms with E-state index in [4.69, 9.17) is 4.74 Å². The van der Waals surface area contributed by atoms with E-state index in [0.29, 0.717) is 6.42 Å². The molecule has 4 nitrogen and oxygen atoms in total. The summed E-state index contributed by atoms with van der Waals surface area (Å²) in [6, 6.07) is 0. The fraction of sp³-hybridized carbons (Fsp3) is 0.944. The number of hydrogen-bond donors (Lipinski definition) is 1. The lowest BCUT2D eigenvalue weighted by Gasteiger charge is -2.31. The van der Waals surface area contributed by atoms with E-state index < -0.39 is 10.8 Å². The molecule has 0 amide bonds. The van der Waals surface area contributed by atoms with Gasteiger partial charge in [0.05, 0.1) is 31.3 Å². The van der Waals surface area contributed by atoms with E-state index >= 15 is 0 Å². The Balaban J connectivity index is 1.75. The summed E-state index contributed by atoms with van der Waals surface area (Å²) < 4.78 is 18.2. The lowest BCUT2D eigenvalue weighted by molar-refractivity contribution is -0.904. The average molecular weight is 345 g/mol. The van der Waals surface area contributed by atoms with Crippen LogP contribution in [0.5, 0.6) is 0 Å². The van der Waals surface area contributed by atoms with Gasteiger partial charge in [-0.1, -0.05) is 19.8 Å². The topological polar surface area (TPSA) is 47.8 Å². The quantitative estimate of drug-likeness (QED) is 0.684. The van der Waals surface area contributed by atoms with Gasteiger partial charge < -0.3 is 9.64 Å². The largest absolute Gasteiger partial charge is 0.461 e. The first-order chi connectivity index (χ1) is 11.2. The van der Waals surface area contributed by atoms with Crippen LogP contribution in [0.2, 0.25) is 0 Å². The van der Waals surface area contributed by atoms with Gasteiger partial charge in [0.2, 0.25) is 0 Å². The summed E-state index contributed by atoms with van der Waals surface area (Å²) in [7, 11) is -0.843. The molecule has 0 aromatic heterocycles. The van der Waals surface area contributed by atoms with E-state index in [1.54, 1.807) is 4.90 Å². The minimum Gasteiger partial charge on any atom is -0.461 e. The van der Waals surface area contributed by atoms with Gasteiger partial charge in [-0.2, -0.15) is 0 Å². The molecule has 0 aromatic rings. The Morgan fingerprint density at radius 1 is 1.13 bits per heavy atom. The molecule has 1 saturated heterocycles. The van der Waals surface area contributed by atoms with Crippen LogP contribution in [-0.2, 0) is 20.3 Å². The Morgan fingerprint density at radius 2 is 1.87 bits per heavy atom. The fourth-order valence-corrected chi connectivity index (χ4v) is 5.58. The normalized spacial score (nSPS) is 27.5. The number of likely N-dealkylation sites (tertiary alicyclic amines) is 1. The van der Waals surface area contributed by atoms with E-state index in [0.717, 1.165) is 50.8 Å². The Bertz CT molecular complexity index is 382. The van der Waals surface area contributed by atoms with E-state index in [-0.39, 0.29) is 17.3 Å². The highest BCUT2D eigenvalue weighted by Crippen LogP contribution is 2.26. The van der Waals surface area contributed by atoms with Crippen LogP contribution in [0.1, 0.15) is 71.1 Å². The molecule has 0 bridgehead atoms. The van der Waals surface area contributed by atoms with Crippen LogP contribution in [0.3, 0.4) is 0 Å². The number of quaternary nitrogens is 1. The minimum absolute atomic E-state index is 0.0709. The minimum atomic E-state index is -0.843. The molecule has 134 valence electrons. The second kappa shape index (κ2) is 10.4. The molecule has 0 spiro atoms. The highest BCUT2D eigenvalue weighted by molar-refractivity contribution is 7.85. The van der Waals surface area contributed by atoms with Gasteiger partial charge in [-0.3, -0.25) is 9.00 Å². The van der Waals surface area contributed by atoms with Crippen LogP contribution in [0.15, 0.2) is 0 Å². The van der Waals surface area contributed by atoms with E-state index in [1.807, 2.05) is 0 Å². The van der Waals surface area contributed by atoms with Gasteiger partial charge in [-0.05, 0) is 44.9 Å². The van der Waals surface area contributed by atoms with Crippen molar-refractivity contribution >= 4 is 16.8 Å². The standard InChI is InChI=1S/C18H33NO3S/c1-2-3-15-23(21)17-10-6-5-9-16(17)22-18(20)11-14-19-12-7-4-8-13-19/h16-17H,2-15H2,1H3/p+1/t16-,17-,23-/m0/s1. The van der Waals surface area contributed by atoms with Gasteiger partial charge >= 0.3 is 5.97 Å². The third-order valence-corrected chi connectivity index (χ3v) is 7.11. The third-order valence-electron chi connectivity index (χ3n) is 5.20. The molecule has 0 unspecified atom stereocenters. The number of ether oxygens (including phenoxy) is 1. The lowest BCUT2D eigenvalue weighted by Crippen LogP contribution is -3.12. The molecule has 2 fully saturated rings. The zero-order valence-corrected chi connectivity index (χ0v) is 15.5. The van der Waals surface area contributed by atoms with E-state index in [2.05, 4.69) is 6.92 Å². The van der Waals surface area contributed by atoms with Crippen molar-refractivity contribution in [2.45, 2.75) is 82.5 Å². The number of rotatable bonds is 8. The summed E-state index contributed by atoms with van der Waals surface area (Å²) >= 11 is 0. The molecular formula is C18H34NO3S+. The average Bonchev–Trinajstić information content (AvgIpc) is 2.59. The van der Waals surface area contributed by atoms with Crippen molar-refractivity contribution in [1.29, 1.82) is 0 Å². The van der Waals surface area contributed by atoms with Crippen molar-refractivity contribution in [1.82, 2.24) is 0 Å². The van der Waals surface area contributed by atoms with Crippen LogP contribution < -0.4 is 4.90 Å². The Kier molecular flexibility index (Phi) is 8.59. The monoisotopic (exact) mass is 344 g/mol. The molecule has 2 aliphatic rings. The van der Waals surface area contributed by atoms with Crippen molar-refractivity contribution in [2.24, 2.45) is 0 Å². The zero-order valence-electron chi connectivity index (χ0n) is 14.7. The van der Waals surface area contributed by atoms with E-state index in [1.165, 1.54) is 32.4 Å². The van der Waals surface area contributed by atoms with Gasteiger partial charge in [0, 0.05) is 16.6 Å². The van der Waals surface area contributed by atoms with E-state index in [9.17, 15) is 9.00 Å². The van der Waals surface area contributed by atoms with Crippen LogP contribution in [0.4, 0.5) is 0 Å².